The Balaban J connectivity index is 0.00000324. The molecule has 1 saturated heterocycles. The van der Waals surface area contributed by atoms with Crippen molar-refractivity contribution in [2.75, 3.05) is 27.3 Å². The Morgan fingerprint density at radius 2 is 1.79 bits per heavy atom. The Kier molecular flexibility index (Phi) is 9.14. The highest BCUT2D eigenvalue weighted by atomic mass is 127. The number of guanidine groups is 1. The number of ether oxygens (including phenoxy) is 2. The van der Waals surface area contributed by atoms with Gasteiger partial charge in [0.2, 0.25) is 0 Å². The summed E-state index contributed by atoms with van der Waals surface area (Å²) in [4.78, 5) is 7.27. The first-order chi connectivity index (χ1) is 16.1. The molecule has 1 unspecified atom stereocenters. The smallest absolute Gasteiger partial charge is 0.194 e. The van der Waals surface area contributed by atoms with Crippen LogP contribution in [0.25, 0.3) is 0 Å². The number of hydrogen-bond donors (Lipinski definition) is 1. The quantitative estimate of drug-likeness (QED) is 0.261. The summed E-state index contributed by atoms with van der Waals surface area (Å²) < 4.78 is 12.9. The summed E-state index contributed by atoms with van der Waals surface area (Å²) in [6.45, 7) is 4.93. The number of aromatic nitrogens is 3. The van der Waals surface area contributed by atoms with Gasteiger partial charge in [0.25, 0.3) is 0 Å². The first-order valence-corrected chi connectivity index (χ1v) is 11.2. The van der Waals surface area contributed by atoms with Gasteiger partial charge in [0.1, 0.15) is 17.3 Å². The van der Waals surface area contributed by atoms with E-state index in [2.05, 4.69) is 44.7 Å². The van der Waals surface area contributed by atoms with E-state index in [9.17, 15) is 0 Å². The number of nitrogens with one attached hydrogen (secondary N) is 1. The van der Waals surface area contributed by atoms with Crippen molar-refractivity contribution >= 4 is 29.9 Å². The summed E-state index contributed by atoms with van der Waals surface area (Å²) in [7, 11) is 5.35. The molecule has 3 aromatic rings. The van der Waals surface area contributed by atoms with E-state index >= 15 is 0 Å². The van der Waals surface area contributed by atoms with E-state index in [-0.39, 0.29) is 24.0 Å². The van der Waals surface area contributed by atoms with Crippen molar-refractivity contribution in [1.29, 1.82) is 0 Å². The van der Waals surface area contributed by atoms with Crippen LogP contribution in [0.4, 0.5) is 0 Å². The molecule has 9 heteroatoms. The monoisotopic (exact) mass is 576 g/mol. The molecule has 1 N–H and O–H groups in total. The number of methoxy groups -OCH3 is 2. The zero-order valence-electron chi connectivity index (χ0n) is 20.2. The van der Waals surface area contributed by atoms with Gasteiger partial charge in [-0.15, -0.1) is 34.2 Å². The molecular weight excluding hydrogens is 543 g/mol. The largest absolute Gasteiger partial charge is 0.497 e. The van der Waals surface area contributed by atoms with Gasteiger partial charge < -0.3 is 24.3 Å². The fourth-order valence-corrected chi connectivity index (χ4v) is 4.07. The Hall–Kier alpha value is -2.82. The van der Waals surface area contributed by atoms with Crippen LogP contribution in [0, 0.1) is 6.92 Å². The van der Waals surface area contributed by atoms with Gasteiger partial charge in [0.15, 0.2) is 11.8 Å². The third-order valence-corrected chi connectivity index (χ3v) is 6.17. The molecule has 1 atom stereocenters. The molecule has 1 fully saturated rings. The average Bonchev–Trinajstić information content (AvgIpc) is 3.47. The van der Waals surface area contributed by atoms with Gasteiger partial charge in [-0.3, -0.25) is 0 Å². The maximum absolute atomic E-state index is 5.47. The van der Waals surface area contributed by atoms with Crippen LogP contribution < -0.4 is 14.8 Å². The lowest BCUT2D eigenvalue weighted by molar-refractivity contribution is 0.392. The minimum absolute atomic E-state index is 0. The highest BCUT2D eigenvalue weighted by Crippen LogP contribution is 2.33. The van der Waals surface area contributed by atoms with Crippen molar-refractivity contribution in [3.63, 3.8) is 0 Å². The standard InChI is InChI=1S/C25H32N6O2.HI/c1-18-28-29-24(30(18)2)16-27-25(26-15-19-8-6-5-7-9-19)31-11-10-20(17-31)21-12-22(32-3)14-23(13-21)33-4;/h5-9,12-14,20H,10-11,15-17H2,1-4H3,(H,26,27);1H. The molecule has 182 valence electrons. The molecule has 1 aliphatic rings. The number of nitrogens with zero attached hydrogens (tertiary/aromatic N) is 5. The van der Waals surface area contributed by atoms with E-state index in [0.717, 1.165) is 48.6 Å². The molecule has 0 spiro atoms. The van der Waals surface area contributed by atoms with Crippen molar-refractivity contribution in [1.82, 2.24) is 25.0 Å². The Morgan fingerprint density at radius 1 is 1.09 bits per heavy atom. The van der Waals surface area contributed by atoms with E-state index in [4.69, 9.17) is 14.5 Å². The van der Waals surface area contributed by atoms with Gasteiger partial charge in [-0.25, -0.2) is 4.99 Å². The second-order valence-electron chi connectivity index (χ2n) is 8.28. The van der Waals surface area contributed by atoms with Crippen LogP contribution >= 0.6 is 24.0 Å². The topological polar surface area (TPSA) is 76.8 Å². The van der Waals surface area contributed by atoms with Crippen molar-refractivity contribution in [2.45, 2.75) is 32.4 Å². The molecule has 34 heavy (non-hydrogen) atoms. The van der Waals surface area contributed by atoms with Gasteiger partial charge in [-0.1, -0.05) is 30.3 Å². The summed E-state index contributed by atoms with van der Waals surface area (Å²) in [6.07, 6.45) is 1.03. The lowest BCUT2D eigenvalue weighted by atomic mass is 9.98. The third kappa shape index (κ3) is 6.19. The zero-order chi connectivity index (χ0) is 23.2. The molecule has 0 bridgehead atoms. The molecule has 1 aliphatic heterocycles. The fourth-order valence-electron chi connectivity index (χ4n) is 4.07. The second kappa shape index (κ2) is 12.0. The SMILES string of the molecule is COc1cc(OC)cc(C2CCN(C(=NCc3ccccc3)NCc3nnc(C)n3C)C2)c1.I. The number of benzene rings is 2. The number of rotatable bonds is 7. The molecule has 4 rings (SSSR count). The highest BCUT2D eigenvalue weighted by Gasteiger charge is 2.27. The van der Waals surface area contributed by atoms with Crippen molar-refractivity contribution in [2.24, 2.45) is 12.0 Å². The fraction of sp³-hybridized carbons (Fsp3) is 0.400. The third-order valence-electron chi connectivity index (χ3n) is 6.17. The van der Waals surface area contributed by atoms with Gasteiger partial charge >= 0.3 is 0 Å². The Labute approximate surface area is 218 Å². The first-order valence-electron chi connectivity index (χ1n) is 11.2. The van der Waals surface area contributed by atoms with Crippen LogP contribution in [0.1, 0.15) is 35.1 Å². The zero-order valence-corrected chi connectivity index (χ0v) is 22.5. The van der Waals surface area contributed by atoms with Gasteiger partial charge in [0.05, 0.1) is 27.3 Å². The summed E-state index contributed by atoms with van der Waals surface area (Å²) in [5, 5.41) is 12.0. The summed E-state index contributed by atoms with van der Waals surface area (Å²) in [5.74, 6) is 4.66. The van der Waals surface area contributed by atoms with E-state index in [1.807, 2.05) is 42.8 Å². The van der Waals surface area contributed by atoms with Crippen LogP contribution in [0.5, 0.6) is 11.5 Å². The Morgan fingerprint density at radius 3 is 2.41 bits per heavy atom. The predicted octanol–water partition coefficient (Wildman–Crippen LogP) is 3.89. The molecule has 1 aromatic heterocycles. The number of halogens is 1. The van der Waals surface area contributed by atoms with Crippen molar-refractivity contribution in [3.8, 4) is 11.5 Å². The van der Waals surface area contributed by atoms with Gasteiger partial charge in [-0.05, 0) is 36.6 Å². The average molecular weight is 576 g/mol. The molecule has 0 radical (unpaired) electrons. The van der Waals surface area contributed by atoms with Crippen LogP contribution in [-0.2, 0) is 20.1 Å². The number of hydrogen-bond acceptors (Lipinski definition) is 5. The molecule has 8 nitrogen and oxygen atoms in total. The number of aryl methyl sites for hydroxylation is 1. The van der Waals surface area contributed by atoms with Crippen LogP contribution in [0.2, 0.25) is 0 Å². The van der Waals surface area contributed by atoms with Crippen molar-refractivity contribution in [3.05, 3.63) is 71.3 Å². The number of likely N-dealkylation sites (tertiary alicyclic amines) is 1. The van der Waals surface area contributed by atoms with Crippen molar-refractivity contribution < 1.29 is 9.47 Å². The predicted molar refractivity (Wildman–Crippen MR) is 144 cm³/mol. The van der Waals surface area contributed by atoms with Crippen LogP contribution in [-0.4, -0.2) is 52.9 Å². The molecule has 0 amide bonds. The first kappa shape index (κ1) is 25.8. The number of aliphatic imine (C=N–C) groups is 1. The summed E-state index contributed by atoms with van der Waals surface area (Å²) in [6, 6.07) is 16.4. The van der Waals surface area contributed by atoms with Gasteiger partial charge in [0, 0.05) is 32.1 Å². The molecule has 0 saturated carbocycles. The maximum Gasteiger partial charge on any atom is 0.194 e. The molecular formula is C25H33IN6O2. The molecule has 2 aromatic carbocycles. The molecule has 2 heterocycles. The highest BCUT2D eigenvalue weighted by molar-refractivity contribution is 14.0. The van der Waals surface area contributed by atoms with Gasteiger partial charge in [-0.2, -0.15) is 0 Å². The minimum atomic E-state index is 0. The lowest BCUT2D eigenvalue weighted by Crippen LogP contribution is -2.40. The van der Waals surface area contributed by atoms with E-state index in [1.54, 1.807) is 14.2 Å². The van der Waals surface area contributed by atoms with Crippen LogP contribution in [0.3, 0.4) is 0 Å². The molecule has 0 aliphatic carbocycles. The normalized spacial score (nSPS) is 15.7. The lowest BCUT2D eigenvalue weighted by Gasteiger charge is -2.22. The summed E-state index contributed by atoms with van der Waals surface area (Å²) in [5.41, 5.74) is 2.40. The summed E-state index contributed by atoms with van der Waals surface area (Å²) >= 11 is 0. The second-order valence-corrected chi connectivity index (χ2v) is 8.28. The Bertz CT molecular complexity index is 1080. The minimum Gasteiger partial charge on any atom is -0.497 e. The van der Waals surface area contributed by atoms with E-state index in [1.165, 1.54) is 11.1 Å². The van der Waals surface area contributed by atoms with E-state index < -0.39 is 0 Å². The maximum atomic E-state index is 5.47. The van der Waals surface area contributed by atoms with E-state index in [0.29, 0.717) is 19.0 Å². The van der Waals surface area contributed by atoms with Crippen LogP contribution in [0.15, 0.2) is 53.5 Å².